The molecule has 2 saturated heterocycles. The van der Waals surface area contributed by atoms with Crippen molar-refractivity contribution in [2.75, 3.05) is 59.1 Å². The zero-order chi connectivity index (χ0) is 20.7. The number of guanidine groups is 1. The Morgan fingerprint density at radius 1 is 1.21 bits per heavy atom. The summed E-state index contributed by atoms with van der Waals surface area (Å²) in [5, 5.41) is 6.71. The van der Waals surface area contributed by atoms with Gasteiger partial charge in [-0.1, -0.05) is 0 Å². The molecule has 1 unspecified atom stereocenters. The standard InChI is InChI=1S/C21H41N5O3/c1-2-23-21(25-11-6-15-28-17-19-7-5-16-29-19)24-10-3-4-12-26-13-8-18(9-14-26)20(22)27/h18-19H,2-17H2,1H3,(H2,22,27)(H2,23,24,25). The second-order valence-corrected chi connectivity index (χ2v) is 7.98. The Hall–Kier alpha value is -1.38. The molecule has 2 aliphatic rings. The summed E-state index contributed by atoms with van der Waals surface area (Å²) < 4.78 is 11.2. The highest BCUT2D eigenvalue weighted by Crippen LogP contribution is 2.16. The second kappa shape index (κ2) is 14.6. The van der Waals surface area contributed by atoms with Crippen molar-refractivity contribution in [3.05, 3.63) is 0 Å². The lowest BCUT2D eigenvalue weighted by Crippen LogP contribution is -2.39. The average Bonchev–Trinajstić information content (AvgIpc) is 3.24. The molecule has 2 heterocycles. The average molecular weight is 412 g/mol. The zero-order valence-electron chi connectivity index (χ0n) is 18.2. The number of carbonyl (C=O) groups is 1. The van der Waals surface area contributed by atoms with E-state index in [4.69, 9.17) is 15.2 Å². The summed E-state index contributed by atoms with van der Waals surface area (Å²) in [6, 6.07) is 0. The predicted molar refractivity (Wildman–Crippen MR) is 116 cm³/mol. The van der Waals surface area contributed by atoms with Crippen molar-refractivity contribution < 1.29 is 14.3 Å². The quantitative estimate of drug-likeness (QED) is 0.238. The molecule has 0 bridgehead atoms. The van der Waals surface area contributed by atoms with Crippen molar-refractivity contribution in [3.8, 4) is 0 Å². The minimum absolute atomic E-state index is 0.0771. The second-order valence-electron chi connectivity index (χ2n) is 7.98. The van der Waals surface area contributed by atoms with Crippen molar-refractivity contribution in [2.45, 2.75) is 58.0 Å². The number of unbranched alkanes of at least 4 members (excludes halogenated alkanes) is 1. The normalized spacial score (nSPS) is 21.4. The van der Waals surface area contributed by atoms with E-state index in [9.17, 15) is 4.79 Å². The lowest BCUT2D eigenvalue weighted by Gasteiger charge is -2.30. The van der Waals surface area contributed by atoms with Crippen LogP contribution in [0.1, 0.15) is 51.9 Å². The number of nitrogens with one attached hydrogen (secondary N) is 2. The molecule has 0 radical (unpaired) electrons. The number of ether oxygens (including phenoxy) is 2. The van der Waals surface area contributed by atoms with E-state index in [0.717, 1.165) is 103 Å². The van der Waals surface area contributed by atoms with Crippen LogP contribution < -0.4 is 16.4 Å². The Morgan fingerprint density at radius 2 is 2.03 bits per heavy atom. The highest BCUT2D eigenvalue weighted by atomic mass is 16.5. The fourth-order valence-electron chi connectivity index (χ4n) is 3.80. The number of hydrogen-bond donors (Lipinski definition) is 3. The van der Waals surface area contributed by atoms with Gasteiger partial charge < -0.3 is 30.7 Å². The van der Waals surface area contributed by atoms with Crippen LogP contribution in [0.25, 0.3) is 0 Å². The van der Waals surface area contributed by atoms with Gasteiger partial charge in [-0.3, -0.25) is 9.79 Å². The molecule has 1 atom stereocenters. The van der Waals surface area contributed by atoms with Gasteiger partial charge in [0.25, 0.3) is 0 Å². The summed E-state index contributed by atoms with van der Waals surface area (Å²) >= 11 is 0. The molecule has 0 spiro atoms. The largest absolute Gasteiger partial charge is 0.379 e. The Labute approximate surface area is 176 Å². The van der Waals surface area contributed by atoms with Gasteiger partial charge in [-0.05, 0) is 71.5 Å². The summed E-state index contributed by atoms with van der Waals surface area (Å²) in [6.45, 7) is 9.99. The van der Waals surface area contributed by atoms with Gasteiger partial charge in [0.1, 0.15) is 0 Å². The van der Waals surface area contributed by atoms with E-state index in [1.807, 2.05) is 0 Å². The first kappa shape index (κ1) is 23.9. The van der Waals surface area contributed by atoms with E-state index in [0.29, 0.717) is 12.7 Å². The summed E-state index contributed by atoms with van der Waals surface area (Å²) in [6.07, 6.45) is 7.55. The smallest absolute Gasteiger partial charge is 0.220 e. The van der Waals surface area contributed by atoms with Crippen LogP contribution in [0.2, 0.25) is 0 Å². The molecule has 1 amide bonds. The molecule has 0 aliphatic carbocycles. The fourth-order valence-corrected chi connectivity index (χ4v) is 3.80. The third kappa shape index (κ3) is 10.3. The van der Waals surface area contributed by atoms with Crippen molar-refractivity contribution >= 4 is 11.9 Å². The van der Waals surface area contributed by atoms with Gasteiger partial charge in [-0.2, -0.15) is 0 Å². The molecule has 168 valence electrons. The molecule has 0 aromatic rings. The maximum Gasteiger partial charge on any atom is 0.220 e. The van der Waals surface area contributed by atoms with Crippen LogP contribution in [0.5, 0.6) is 0 Å². The lowest BCUT2D eigenvalue weighted by molar-refractivity contribution is -0.123. The fraction of sp³-hybridized carbons (Fsp3) is 0.905. The number of primary amides is 1. The number of aliphatic imine (C=N–C) groups is 1. The zero-order valence-corrected chi connectivity index (χ0v) is 18.2. The van der Waals surface area contributed by atoms with Gasteiger partial charge in [-0.15, -0.1) is 0 Å². The molecular formula is C21H41N5O3. The minimum atomic E-state index is -0.140. The van der Waals surface area contributed by atoms with E-state index in [-0.39, 0.29) is 11.8 Å². The van der Waals surface area contributed by atoms with Crippen LogP contribution in [-0.2, 0) is 14.3 Å². The van der Waals surface area contributed by atoms with Gasteiger partial charge in [0.15, 0.2) is 5.96 Å². The summed E-state index contributed by atoms with van der Waals surface area (Å²) in [7, 11) is 0. The van der Waals surface area contributed by atoms with Gasteiger partial charge in [-0.25, -0.2) is 0 Å². The molecule has 4 N–H and O–H groups in total. The van der Waals surface area contributed by atoms with Crippen molar-refractivity contribution in [3.63, 3.8) is 0 Å². The minimum Gasteiger partial charge on any atom is -0.379 e. The molecule has 0 aromatic carbocycles. The monoisotopic (exact) mass is 411 g/mol. The maximum atomic E-state index is 11.2. The predicted octanol–water partition coefficient (Wildman–Crippen LogP) is 1.10. The molecule has 2 fully saturated rings. The SMILES string of the molecule is CCNC(=NCCCOCC1CCCO1)NCCCCN1CCC(C(N)=O)CC1. The first-order chi connectivity index (χ1) is 14.2. The van der Waals surface area contributed by atoms with Crippen LogP contribution in [0.4, 0.5) is 0 Å². The topological polar surface area (TPSA) is 101 Å². The Bertz CT molecular complexity index is 475. The molecule has 8 nitrogen and oxygen atoms in total. The highest BCUT2D eigenvalue weighted by molar-refractivity contribution is 5.79. The summed E-state index contributed by atoms with van der Waals surface area (Å²) in [4.78, 5) is 18.3. The Morgan fingerprint density at radius 3 is 2.72 bits per heavy atom. The summed E-state index contributed by atoms with van der Waals surface area (Å²) in [5.41, 5.74) is 5.39. The number of rotatable bonds is 13. The molecule has 2 rings (SSSR count). The highest BCUT2D eigenvalue weighted by Gasteiger charge is 2.22. The third-order valence-electron chi connectivity index (χ3n) is 5.57. The van der Waals surface area contributed by atoms with Crippen molar-refractivity contribution in [1.29, 1.82) is 0 Å². The number of piperidine rings is 1. The van der Waals surface area contributed by atoms with Gasteiger partial charge in [0.2, 0.25) is 5.91 Å². The summed E-state index contributed by atoms with van der Waals surface area (Å²) in [5.74, 6) is 0.820. The van der Waals surface area contributed by atoms with E-state index in [1.54, 1.807) is 0 Å². The van der Waals surface area contributed by atoms with E-state index < -0.39 is 0 Å². The number of carbonyl (C=O) groups excluding carboxylic acids is 1. The maximum absolute atomic E-state index is 11.2. The third-order valence-corrected chi connectivity index (χ3v) is 5.57. The van der Waals surface area contributed by atoms with Gasteiger partial charge >= 0.3 is 0 Å². The molecular weight excluding hydrogens is 370 g/mol. The van der Waals surface area contributed by atoms with E-state index in [1.165, 1.54) is 0 Å². The van der Waals surface area contributed by atoms with Crippen molar-refractivity contribution in [2.24, 2.45) is 16.6 Å². The van der Waals surface area contributed by atoms with Crippen molar-refractivity contribution in [1.82, 2.24) is 15.5 Å². The van der Waals surface area contributed by atoms with E-state index in [2.05, 4.69) is 27.4 Å². The molecule has 0 saturated carbocycles. The van der Waals surface area contributed by atoms with Crippen LogP contribution in [0.3, 0.4) is 0 Å². The van der Waals surface area contributed by atoms with Gasteiger partial charge in [0, 0.05) is 38.8 Å². The van der Waals surface area contributed by atoms with Crippen LogP contribution in [0.15, 0.2) is 4.99 Å². The first-order valence-corrected chi connectivity index (χ1v) is 11.4. The number of likely N-dealkylation sites (tertiary alicyclic amines) is 1. The van der Waals surface area contributed by atoms with Crippen LogP contribution >= 0.6 is 0 Å². The number of amides is 1. The molecule has 0 aromatic heterocycles. The van der Waals surface area contributed by atoms with Gasteiger partial charge in [0.05, 0.1) is 12.7 Å². The lowest BCUT2D eigenvalue weighted by atomic mass is 9.96. The number of hydrogen-bond acceptors (Lipinski definition) is 5. The van der Waals surface area contributed by atoms with Crippen LogP contribution in [0, 0.1) is 5.92 Å². The van der Waals surface area contributed by atoms with Crippen LogP contribution in [-0.4, -0.2) is 82.0 Å². The Balaban J connectivity index is 1.48. The number of nitrogens with zero attached hydrogens (tertiary/aromatic N) is 2. The molecule has 8 heteroatoms. The molecule has 29 heavy (non-hydrogen) atoms. The first-order valence-electron chi connectivity index (χ1n) is 11.4. The molecule has 2 aliphatic heterocycles. The Kier molecular flexibility index (Phi) is 12.0. The number of nitrogens with two attached hydrogens (primary N) is 1. The van der Waals surface area contributed by atoms with E-state index >= 15 is 0 Å².